The van der Waals surface area contributed by atoms with Crippen LogP contribution < -0.4 is 4.74 Å². The quantitative estimate of drug-likeness (QED) is 0.568. The van der Waals surface area contributed by atoms with Crippen LogP contribution in [0.25, 0.3) is 22.2 Å². The predicted octanol–water partition coefficient (Wildman–Crippen LogP) is 4.00. The summed E-state index contributed by atoms with van der Waals surface area (Å²) in [4.78, 5) is 4.10. The lowest BCUT2D eigenvalue weighted by Crippen LogP contribution is -1.97. The maximum absolute atomic E-state index is 13.5. The lowest BCUT2D eigenvalue weighted by Gasteiger charge is -2.03. The number of nitrogens with zero attached hydrogens (tertiary/aromatic N) is 3. The summed E-state index contributed by atoms with van der Waals surface area (Å²) in [5.74, 6) is 0.380. The van der Waals surface area contributed by atoms with E-state index in [9.17, 15) is 4.39 Å². The van der Waals surface area contributed by atoms with Crippen LogP contribution in [-0.4, -0.2) is 15.2 Å². The molecule has 0 saturated carbocycles. The molecule has 0 radical (unpaired) electrons. The van der Waals surface area contributed by atoms with Gasteiger partial charge in [0.05, 0.1) is 0 Å². The fourth-order valence-electron chi connectivity index (χ4n) is 2.43. The fraction of sp³-hybridized carbons (Fsp3) is 0.0556. The highest BCUT2D eigenvalue weighted by atomic mass is 19.1. The van der Waals surface area contributed by atoms with Crippen molar-refractivity contribution in [2.75, 3.05) is 0 Å². The summed E-state index contributed by atoms with van der Waals surface area (Å²) in [6, 6.07) is 13.8. The standard InChI is InChI=1S/C18H12FN3O2/c19-15-6-1-2-7-16(15)23-11-17-21-22-18(24-17)14-5-3-4-12-10-20-9-8-13(12)14/h1-10H,11H2. The van der Waals surface area contributed by atoms with Gasteiger partial charge in [-0.2, -0.15) is 0 Å². The van der Waals surface area contributed by atoms with Gasteiger partial charge >= 0.3 is 0 Å². The molecule has 5 nitrogen and oxygen atoms in total. The Bertz CT molecular complexity index is 995. The average molecular weight is 321 g/mol. The summed E-state index contributed by atoms with van der Waals surface area (Å²) in [6.07, 6.45) is 3.49. The molecule has 0 aliphatic carbocycles. The highest BCUT2D eigenvalue weighted by Gasteiger charge is 2.12. The molecule has 0 amide bonds. The number of fused-ring (bicyclic) bond motifs is 1. The number of pyridine rings is 1. The average Bonchev–Trinajstić information content (AvgIpc) is 3.09. The number of aromatic nitrogens is 3. The summed E-state index contributed by atoms with van der Waals surface area (Å²) in [5, 5.41) is 9.98. The molecule has 4 aromatic rings. The van der Waals surface area contributed by atoms with Gasteiger partial charge in [0.1, 0.15) is 0 Å². The first kappa shape index (κ1) is 14.3. The van der Waals surface area contributed by atoms with Crippen molar-refractivity contribution in [3.63, 3.8) is 0 Å². The van der Waals surface area contributed by atoms with Crippen LogP contribution in [0.5, 0.6) is 5.75 Å². The van der Waals surface area contributed by atoms with Crippen LogP contribution in [0.4, 0.5) is 4.39 Å². The monoisotopic (exact) mass is 321 g/mol. The van der Waals surface area contributed by atoms with Gasteiger partial charge in [-0.1, -0.05) is 24.3 Å². The van der Waals surface area contributed by atoms with Crippen LogP contribution >= 0.6 is 0 Å². The van der Waals surface area contributed by atoms with Gasteiger partial charge < -0.3 is 9.15 Å². The van der Waals surface area contributed by atoms with E-state index >= 15 is 0 Å². The Morgan fingerprint density at radius 3 is 2.83 bits per heavy atom. The zero-order chi connectivity index (χ0) is 16.4. The molecule has 6 heteroatoms. The van der Waals surface area contributed by atoms with Gasteiger partial charge in [0, 0.05) is 23.3 Å². The van der Waals surface area contributed by atoms with Crippen molar-refractivity contribution in [1.82, 2.24) is 15.2 Å². The van der Waals surface area contributed by atoms with Crippen molar-refractivity contribution in [2.45, 2.75) is 6.61 Å². The molecular formula is C18H12FN3O2. The molecule has 0 spiro atoms. The van der Waals surface area contributed by atoms with Crippen molar-refractivity contribution in [3.05, 3.63) is 72.6 Å². The van der Waals surface area contributed by atoms with E-state index in [1.807, 2.05) is 24.3 Å². The largest absolute Gasteiger partial charge is 0.481 e. The van der Waals surface area contributed by atoms with E-state index in [4.69, 9.17) is 9.15 Å². The van der Waals surface area contributed by atoms with Crippen LogP contribution in [-0.2, 0) is 6.61 Å². The van der Waals surface area contributed by atoms with Crippen molar-refractivity contribution < 1.29 is 13.5 Å². The lowest BCUT2D eigenvalue weighted by molar-refractivity contribution is 0.253. The molecule has 118 valence electrons. The van der Waals surface area contributed by atoms with Gasteiger partial charge in [0.15, 0.2) is 18.2 Å². The van der Waals surface area contributed by atoms with E-state index in [2.05, 4.69) is 15.2 Å². The smallest absolute Gasteiger partial charge is 0.254 e. The van der Waals surface area contributed by atoms with Gasteiger partial charge in [-0.25, -0.2) is 4.39 Å². The SMILES string of the molecule is Fc1ccccc1OCc1nnc(-c2cccc3cnccc23)o1. The summed E-state index contributed by atoms with van der Waals surface area (Å²) in [5.41, 5.74) is 0.819. The molecule has 0 bridgehead atoms. The third-order valence-corrected chi connectivity index (χ3v) is 3.57. The molecule has 2 aromatic carbocycles. The first-order valence-corrected chi connectivity index (χ1v) is 7.34. The zero-order valence-electron chi connectivity index (χ0n) is 12.5. The summed E-state index contributed by atoms with van der Waals surface area (Å²) in [6.45, 7) is 0.000253. The molecule has 0 atom stereocenters. The molecule has 4 rings (SSSR count). The van der Waals surface area contributed by atoms with Crippen LogP contribution in [0.2, 0.25) is 0 Å². The topological polar surface area (TPSA) is 61.0 Å². The minimum Gasteiger partial charge on any atom is -0.481 e. The van der Waals surface area contributed by atoms with Gasteiger partial charge in [-0.05, 0) is 29.7 Å². The predicted molar refractivity (Wildman–Crippen MR) is 85.8 cm³/mol. The third-order valence-electron chi connectivity index (χ3n) is 3.57. The Labute approximate surface area is 136 Å². The maximum atomic E-state index is 13.5. The van der Waals surface area contributed by atoms with Crippen LogP contribution in [0.3, 0.4) is 0 Å². The summed E-state index contributed by atoms with van der Waals surface area (Å²) < 4.78 is 24.6. The molecule has 0 fully saturated rings. The molecule has 0 aliphatic rings. The van der Waals surface area contributed by atoms with E-state index < -0.39 is 5.82 Å². The molecule has 24 heavy (non-hydrogen) atoms. The van der Waals surface area contributed by atoms with E-state index in [1.165, 1.54) is 6.07 Å². The normalized spacial score (nSPS) is 10.9. The molecule has 0 saturated heterocycles. The number of benzene rings is 2. The number of ether oxygens (including phenoxy) is 1. The van der Waals surface area contributed by atoms with Crippen LogP contribution in [0.15, 0.2) is 65.3 Å². The van der Waals surface area contributed by atoms with Crippen LogP contribution in [0.1, 0.15) is 5.89 Å². The van der Waals surface area contributed by atoms with Gasteiger partial charge in [-0.3, -0.25) is 4.98 Å². The van der Waals surface area contributed by atoms with Crippen molar-refractivity contribution in [3.8, 4) is 17.2 Å². The number of para-hydroxylation sites is 1. The van der Waals surface area contributed by atoms with Crippen molar-refractivity contribution >= 4 is 10.8 Å². The highest BCUT2D eigenvalue weighted by molar-refractivity contribution is 5.93. The second-order valence-corrected chi connectivity index (χ2v) is 5.12. The molecule has 2 heterocycles. The van der Waals surface area contributed by atoms with Crippen molar-refractivity contribution in [2.24, 2.45) is 0 Å². The number of hydrogen-bond donors (Lipinski definition) is 0. The van der Waals surface area contributed by atoms with E-state index in [-0.39, 0.29) is 18.2 Å². The minimum absolute atomic E-state index is 0.000253. The lowest BCUT2D eigenvalue weighted by atomic mass is 10.1. The van der Waals surface area contributed by atoms with Gasteiger partial charge in [0.2, 0.25) is 5.89 Å². The van der Waals surface area contributed by atoms with Crippen molar-refractivity contribution in [1.29, 1.82) is 0 Å². The maximum Gasteiger partial charge on any atom is 0.254 e. The Hall–Kier alpha value is -3.28. The summed E-state index contributed by atoms with van der Waals surface area (Å²) in [7, 11) is 0. The van der Waals surface area contributed by atoms with E-state index in [0.717, 1.165) is 16.3 Å². The fourth-order valence-corrected chi connectivity index (χ4v) is 2.43. The number of hydrogen-bond acceptors (Lipinski definition) is 5. The Kier molecular flexibility index (Phi) is 3.63. The van der Waals surface area contributed by atoms with Gasteiger partial charge in [-0.15, -0.1) is 10.2 Å². The first-order chi connectivity index (χ1) is 11.8. The second-order valence-electron chi connectivity index (χ2n) is 5.12. The Balaban J connectivity index is 1.59. The Morgan fingerprint density at radius 1 is 1.00 bits per heavy atom. The Morgan fingerprint density at radius 2 is 1.92 bits per heavy atom. The third kappa shape index (κ3) is 2.69. The van der Waals surface area contributed by atoms with Gasteiger partial charge in [0.25, 0.3) is 5.89 Å². The van der Waals surface area contributed by atoms with E-state index in [0.29, 0.717) is 5.89 Å². The second kappa shape index (κ2) is 6.08. The molecule has 0 N–H and O–H groups in total. The number of rotatable bonds is 4. The molecule has 0 aliphatic heterocycles. The zero-order valence-corrected chi connectivity index (χ0v) is 12.5. The minimum atomic E-state index is -0.432. The number of halogens is 1. The molecule has 2 aromatic heterocycles. The first-order valence-electron chi connectivity index (χ1n) is 7.34. The van der Waals surface area contributed by atoms with E-state index in [1.54, 1.807) is 30.6 Å². The summed E-state index contributed by atoms with van der Waals surface area (Å²) >= 11 is 0. The molecular weight excluding hydrogens is 309 g/mol. The van der Waals surface area contributed by atoms with Crippen LogP contribution in [0, 0.1) is 5.82 Å². The highest BCUT2D eigenvalue weighted by Crippen LogP contribution is 2.27. The molecule has 0 unspecified atom stereocenters.